The summed E-state index contributed by atoms with van der Waals surface area (Å²) in [6.07, 6.45) is 6.29. The Balaban J connectivity index is 1.20. The zero-order valence-electron chi connectivity index (χ0n) is 18.1. The Morgan fingerprint density at radius 1 is 1.00 bits per heavy atom. The van der Waals surface area contributed by atoms with Gasteiger partial charge in [0.15, 0.2) is 0 Å². The monoisotopic (exact) mass is 416 g/mol. The van der Waals surface area contributed by atoms with Crippen LogP contribution in [0.2, 0.25) is 0 Å². The minimum Gasteiger partial charge on any atom is -0.467 e. The van der Waals surface area contributed by atoms with Crippen LogP contribution in [0.4, 0.5) is 5.69 Å². The number of Topliss-reactive ketones (excluding diaryl/α,β-unsaturated/α-hetero) is 1. The summed E-state index contributed by atoms with van der Waals surface area (Å²) in [6.45, 7) is 3.79. The molecule has 0 spiro atoms. The number of hydrogen-bond donors (Lipinski definition) is 1. The van der Waals surface area contributed by atoms with Crippen LogP contribution in [0.25, 0.3) is 0 Å². The summed E-state index contributed by atoms with van der Waals surface area (Å²) in [5.41, 5.74) is 3.67. The largest absolute Gasteiger partial charge is 0.467 e. The number of carbonyl (C=O) groups is 1. The molecule has 1 aliphatic rings. The second-order valence-corrected chi connectivity index (χ2v) is 8.60. The first-order chi connectivity index (χ1) is 15.2. The van der Waals surface area contributed by atoms with E-state index in [0.29, 0.717) is 24.7 Å². The van der Waals surface area contributed by atoms with Crippen molar-refractivity contribution in [1.29, 1.82) is 0 Å². The third kappa shape index (κ3) is 6.83. The fourth-order valence-electron chi connectivity index (χ4n) is 4.40. The van der Waals surface area contributed by atoms with Crippen molar-refractivity contribution >= 4 is 11.5 Å². The minimum absolute atomic E-state index is 0.405. The molecule has 1 saturated heterocycles. The molecule has 0 amide bonds. The van der Waals surface area contributed by atoms with Crippen LogP contribution < -0.4 is 5.32 Å². The van der Waals surface area contributed by atoms with Gasteiger partial charge in [0.1, 0.15) is 11.5 Å². The molecule has 1 aromatic heterocycles. The van der Waals surface area contributed by atoms with Crippen molar-refractivity contribution in [3.63, 3.8) is 0 Å². The lowest BCUT2D eigenvalue weighted by Gasteiger charge is -2.32. The van der Waals surface area contributed by atoms with Gasteiger partial charge in [-0.3, -0.25) is 9.69 Å². The molecule has 4 heteroatoms. The van der Waals surface area contributed by atoms with Crippen LogP contribution in [0, 0.1) is 5.92 Å². The highest BCUT2D eigenvalue weighted by Crippen LogP contribution is 2.23. The lowest BCUT2D eigenvalue weighted by Crippen LogP contribution is -2.35. The Morgan fingerprint density at radius 2 is 1.84 bits per heavy atom. The summed E-state index contributed by atoms with van der Waals surface area (Å²) < 4.78 is 5.36. The van der Waals surface area contributed by atoms with Gasteiger partial charge in [0.25, 0.3) is 0 Å². The third-order valence-corrected chi connectivity index (χ3v) is 6.06. The van der Waals surface area contributed by atoms with E-state index < -0.39 is 0 Å². The number of furan rings is 1. The Bertz CT molecular complexity index is 920. The van der Waals surface area contributed by atoms with Crippen molar-refractivity contribution in [3.05, 3.63) is 89.9 Å². The van der Waals surface area contributed by atoms with Gasteiger partial charge in [-0.1, -0.05) is 42.5 Å². The first-order valence-electron chi connectivity index (χ1n) is 11.4. The van der Waals surface area contributed by atoms with Crippen LogP contribution in [0.15, 0.2) is 77.4 Å². The van der Waals surface area contributed by atoms with Crippen LogP contribution in [-0.4, -0.2) is 23.8 Å². The molecular formula is C27H32N2O2. The smallest absolute Gasteiger partial charge is 0.133 e. The SMILES string of the molecule is O=C(CCc1ccccc1)CC1CCCN(Cc2ccc(NCc3ccco3)cc2)C1. The number of carbonyl (C=O) groups excluding carboxylic acids is 1. The molecule has 1 fully saturated rings. The second-order valence-electron chi connectivity index (χ2n) is 8.60. The lowest BCUT2D eigenvalue weighted by atomic mass is 9.91. The number of likely N-dealkylation sites (tertiary alicyclic amines) is 1. The lowest BCUT2D eigenvalue weighted by molar-refractivity contribution is -0.120. The molecule has 162 valence electrons. The van der Waals surface area contributed by atoms with Crippen molar-refractivity contribution in [2.75, 3.05) is 18.4 Å². The Labute approximate surface area is 185 Å². The first kappa shape index (κ1) is 21.4. The highest BCUT2D eigenvalue weighted by atomic mass is 16.3. The maximum atomic E-state index is 12.5. The molecule has 4 nitrogen and oxygen atoms in total. The molecule has 0 bridgehead atoms. The average molecular weight is 417 g/mol. The van der Waals surface area contributed by atoms with Crippen LogP contribution in [0.1, 0.15) is 42.6 Å². The maximum Gasteiger partial charge on any atom is 0.133 e. The summed E-state index contributed by atoms with van der Waals surface area (Å²) in [4.78, 5) is 15.0. The maximum absolute atomic E-state index is 12.5. The molecule has 1 N–H and O–H groups in total. The number of ketones is 1. The molecule has 0 aliphatic carbocycles. The predicted molar refractivity (Wildman–Crippen MR) is 125 cm³/mol. The second kappa shape index (κ2) is 11.0. The van der Waals surface area contributed by atoms with E-state index in [1.165, 1.54) is 24.0 Å². The molecule has 0 saturated carbocycles. The quantitative estimate of drug-likeness (QED) is 0.461. The predicted octanol–water partition coefficient (Wildman–Crippen LogP) is 5.70. The molecule has 2 heterocycles. The number of hydrogen-bond acceptors (Lipinski definition) is 4. The first-order valence-corrected chi connectivity index (χ1v) is 11.4. The molecule has 0 radical (unpaired) electrons. The zero-order valence-corrected chi connectivity index (χ0v) is 18.1. The van der Waals surface area contributed by atoms with E-state index in [1.807, 2.05) is 30.3 Å². The van der Waals surface area contributed by atoms with Crippen LogP contribution in [0.3, 0.4) is 0 Å². The highest BCUT2D eigenvalue weighted by Gasteiger charge is 2.22. The summed E-state index contributed by atoms with van der Waals surface area (Å²) in [6, 6.07) is 22.8. The summed E-state index contributed by atoms with van der Waals surface area (Å²) in [5, 5.41) is 3.39. The van der Waals surface area contributed by atoms with Gasteiger partial charge in [-0.25, -0.2) is 0 Å². The Kier molecular flexibility index (Phi) is 7.56. The van der Waals surface area contributed by atoms with Crippen molar-refractivity contribution in [2.45, 2.75) is 45.2 Å². The standard InChI is InChI=1S/C27H32N2O2/c30-26(15-12-22-6-2-1-3-7-22)18-24-8-4-16-29(21-24)20-23-10-13-25(14-11-23)28-19-27-9-5-17-31-27/h1-3,5-7,9-11,13-14,17,24,28H,4,8,12,15-16,18-21H2. The van der Waals surface area contributed by atoms with Crippen molar-refractivity contribution < 1.29 is 9.21 Å². The molecule has 2 aromatic carbocycles. The third-order valence-electron chi connectivity index (χ3n) is 6.06. The van der Waals surface area contributed by atoms with E-state index in [-0.39, 0.29) is 0 Å². The molecule has 31 heavy (non-hydrogen) atoms. The van der Waals surface area contributed by atoms with Gasteiger partial charge >= 0.3 is 0 Å². The molecule has 1 aliphatic heterocycles. The number of nitrogens with one attached hydrogen (secondary N) is 1. The molecular weight excluding hydrogens is 384 g/mol. The molecule has 3 aromatic rings. The van der Waals surface area contributed by atoms with Crippen molar-refractivity contribution in [1.82, 2.24) is 4.90 Å². The highest BCUT2D eigenvalue weighted by molar-refractivity contribution is 5.78. The number of nitrogens with zero attached hydrogens (tertiary/aromatic N) is 1. The number of rotatable bonds is 10. The summed E-state index contributed by atoms with van der Waals surface area (Å²) in [7, 11) is 0. The molecule has 1 unspecified atom stereocenters. The number of aryl methyl sites for hydroxylation is 1. The Hall–Kier alpha value is -2.85. The topological polar surface area (TPSA) is 45.5 Å². The van der Waals surface area contributed by atoms with E-state index >= 15 is 0 Å². The van der Waals surface area contributed by atoms with Crippen LogP contribution in [0.5, 0.6) is 0 Å². The van der Waals surface area contributed by atoms with Gasteiger partial charge in [0, 0.05) is 31.6 Å². The number of benzene rings is 2. The van der Waals surface area contributed by atoms with Gasteiger partial charge in [-0.05, 0) is 67.1 Å². The van der Waals surface area contributed by atoms with E-state index in [9.17, 15) is 4.79 Å². The van der Waals surface area contributed by atoms with Crippen molar-refractivity contribution in [2.24, 2.45) is 5.92 Å². The normalized spacial score (nSPS) is 16.8. The van der Waals surface area contributed by atoms with E-state index in [0.717, 1.165) is 43.9 Å². The molecule has 1 atom stereocenters. The fourth-order valence-corrected chi connectivity index (χ4v) is 4.40. The number of anilines is 1. The van der Waals surface area contributed by atoms with E-state index in [1.54, 1.807) is 6.26 Å². The van der Waals surface area contributed by atoms with Gasteiger partial charge in [-0.2, -0.15) is 0 Å². The average Bonchev–Trinajstić information content (AvgIpc) is 3.32. The summed E-state index contributed by atoms with van der Waals surface area (Å²) >= 11 is 0. The minimum atomic E-state index is 0.405. The van der Waals surface area contributed by atoms with Gasteiger partial charge < -0.3 is 9.73 Å². The van der Waals surface area contributed by atoms with Crippen LogP contribution in [-0.2, 0) is 24.3 Å². The van der Waals surface area contributed by atoms with E-state index in [4.69, 9.17) is 4.42 Å². The van der Waals surface area contributed by atoms with Gasteiger partial charge in [-0.15, -0.1) is 0 Å². The van der Waals surface area contributed by atoms with Crippen molar-refractivity contribution in [3.8, 4) is 0 Å². The summed E-state index contributed by atoms with van der Waals surface area (Å²) in [5.74, 6) is 1.83. The molecule has 4 rings (SSSR count). The van der Waals surface area contributed by atoms with Gasteiger partial charge in [0.2, 0.25) is 0 Å². The fraction of sp³-hybridized carbons (Fsp3) is 0.370. The number of piperidine rings is 1. The van der Waals surface area contributed by atoms with Crippen LogP contribution >= 0.6 is 0 Å². The zero-order chi connectivity index (χ0) is 21.3. The Morgan fingerprint density at radius 3 is 2.61 bits per heavy atom. The van der Waals surface area contributed by atoms with E-state index in [2.05, 4.69) is 46.6 Å². The van der Waals surface area contributed by atoms with Gasteiger partial charge in [0.05, 0.1) is 12.8 Å².